The zero-order chi connectivity index (χ0) is 0. The average Bonchev–Trinajstić information content (AvgIpc) is 0. The second-order valence-corrected chi connectivity index (χ2v) is 0. The normalized spacial score (nSPS) is 0. The van der Waals surface area contributed by atoms with Gasteiger partial charge in [-0.2, -0.15) is 0 Å². The van der Waals surface area contributed by atoms with Gasteiger partial charge in [-0.15, -0.1) is 0 Å². The topological polar surface area (TPSA) is 0 Å². The van der Waals surface area contributed by atoms with Gasteiger partial charge in [0, 0.05) is 85.7 Å². The molecule has 0 nitrogen and oxygen atoms in total. The molecule has 0 N–H and O–H groups in total. The maximum atomic E-state index is 0. The van der Waals surface area contributed by atoms with Crippen LogP contribution in [0.3, 0.4) is 0 Å². The summed E-state index contributed by atoms with van der Waals surface area (Å²) in [5.74, 6) is 0. The zero-order valence-electron chi connectivity index (χ0n) is 1.64. The van der Waals surface area contributed by atoms with E-state index in [9.17, 15) is 0 Å². The molecule has 0 amide bonds. The summed E-state index contributed by atoms with van der Waals surface area (Å²) in [4.78, 5) is 0. The third-order valence-electron chi connectivity index (χ3n) is 0. The van der Waals surface area contributed by atoms with E-state index in [0.29, 0.717) is 0 Å². The van der Waals surface area contributed by atoms with Crippen LogP contribution in [-0.4, -0.2) is 68.6 Å². The van der Waals surface area contributed by atoms with E-state index >= 15 is 0 Å². The van der Waals surface area contributed by atoms with E-state index in [-0.39, 0.29) is 85.7 Å². The minimum absolute atomic E-state index is 0. The molecule has 0 aromatic carbocycles. The van der Waals surface area contributed by atoms with E-state index in [1.807, 2.05) is 0 Å². The minimum atomic E-state index is 0. The van der Waals surface area contributed by atoms with Gasteiger partial charge in [-0.3, -0.25) is 0 Å². The van der Waals surface area contributed by atoms with Crippen LogP contribution >= 0.6 is 0 Å². The Morgan fingerprint density at radius 3 is 1.00 bits per heavy atom. The number of hydrogen-bond donors (Lipinski definition) is 0. The van der Waals surface area contributed by atoms with Crippen LogP contribution in [0.2, 0.25) is 0 Å². The third kappa shape index (κ3) is 8.84. The van der Waals surface area contributed by atoms with Gasteiger partial charge in [-0.25, -0.2) is 0 Å². The Kier molecular flexibility index (Phi) is 125. The van der Waals surface area contributed by atoms with Crippen molar-refractivity contribution in [3.05, 3.63) is 0 Å². The smallest absolute Gasteiger partial charge is 0 e. The Hall–Kier alpha value is 2.78. The first kappa shape index (κ1) is 29.3. The molecule has 26 valence electrons. The Bertz CT molecular complexity index is 8.00. The molecule has 0 aromatic heterocycles. The molecule has 0 rings (SSSR count). The van der Waals surface area contributed by atoms with Crippen LogP contribution in [-0.2, 0) is 17.1 Å². The van der Waals surface area contributed by atoms with Crippen molar-refractivity contribution in [3.63, 3.8) is 0 Å². The fourth-order valence-electron chi connectivity index (χ4n) is 0. The molecule has 0 aliphatic carbocycles. The van der Waals surface area contributed by atoms with Gasteiger partial charge in [0.2, 0.25) is 0 Å². The first-order chi connectivity index (χ1) is 0. The van der Waals surface area contributed by atoms with Crippen molar-refractivity contribution < 1.29 is 17.1 Å². The summed E-state index contributed by atoms with van der Waals surface area (Å²) in [5.41, 5.74) is 0. The van der Waals surface area contributed by atoms with E-state index in [1.165, 1.54) is 0 Å². The van der Waals surface area contributed by atoms with Gasteiger partial charge in [0.15, 0.2) is 0 Å². The Morgan fingerprint density at radius 1 is 1.00 bits per heavy atom. The average molecular weight is 469 g/mol. The fraction of sp³-hybridized carbons (Fsp3) is 0. The largest absolute Gasteiger partial charge is 0 e. The van der Waals surface area contributed by atoms with Gasteiger partial charge in [0.1, 0.15) is 0 Å². The van der Waals surface area contributed by atoms with Crippen LogP contribution in [0.1, 0.15) is 0 Å². The van der Waals surface area contributed by atoms with Crippen molar-refractivity contribution in [2.45, 2.75) is 0 Å². The minimum Gasteiger partial charge on any atom is 0 e. The summed E-state index contributed by atoms with van der Waals surface area (Å²) in [6.07, 6.45) is 0. The van der Waals surface area contributed by atoms with Gasteiger partial charge in [-0.1, -0.05) is 0 Å². The van der Waals surface area contributed by atoms with Crippen molar-refractivity contribution in [1.29, 1.82) is 0 Å². The van der Waals surface area contributed by atoms with E-state index in [1.54, 1.807) is 0 Å². The summed E-state index contributed by atoms with van der Waals surface area (Å²) < 4.78 is 0. The molecule has 0 aromatic rings. The Morgan fingerprint density at radius 2 is 1.00 bits per heavy atom. The first-order valence-electron chi connectivity index (χ1n) is 0. The second-order valence-electron chi connectivity index (χ2n) is 0. The molecule has 0 atom stereocenters. The quantitative estimate of drug-likeness (QED) is 0.394. The predicted octanol–water partition coefficient (Wildman–Crippen LogP) is -1.14. The molecular formula is AsBiCuSb. The monoisotopic (exact) mass is 468 g/mol. The molecule has 0 fully saturated rings. The number of rotatable bonds is 0. The van der Waals surface area contributed by atoms with Crippen LogP contribution in [0.5, 0.6) is 0 Å². The Balaban J connectivity index is 0. The van der Waals surface area contributed by atoms with Gasteiger partial charge < -0.3 is 0 Å². The summed E-state index contributed by atoms with van der Waals surface area (Å²) in [6, 6.07) is 0. The molecule has 0 saturated carbocycles. The molecule has 0 bridgehead atoms. The first-order valence-corrected chi connectivity index (χ1v) is 0. The molecule has 0 aliphatic heterocycles. The summed E-state index contributed by atoms with van der Waals surface area (Å²) >= 11 is 0. The van der Waals surface area contributed by atoms with Crippen LogP contribution < -0.4 is 0 Å². The predicted molar refractivity (Wildman–Crippen MR) is 17.3 cm³/mol. The molecular weight excluding hydrogens is 469 g/mol. The molecule has 0 aliphatic rings. The molecule has 4 heteroatoms. The molecule has 0 saturated heterocycles. The van der Waals surface area contributed by atoms with Gasteiger partial charge in [0.05, 0.1) is 0 Å². The van der Waals surface area contributed by atoms with E-state index in [0.717, 1.165) is 0 Å². The zero-order valence-corrected chi connectivity index (χ0v) is 10.5. The van der Waals surface area contributed by atoms with Crippen molar-refractivity contribution >= 4 is 68.6 Å². The van der Waals surface area contributed by atoms with Crippen LogP contribution in [0.4, 0.5) is 0 Å². The summed E-state index contributed by atoms with van der Waals surface area (Å²) in [5, 5.41) is 0. The SMILES string of the molecule is [As].[Bi].[Cu].[Sb]. The number of hydrogen-bond acceptors (Lipinski definition) is 0. The van der Waals surface area contributed by atoms with E-state index in [4.69, 9.17) is 0 Å². The summed E-state index contributed by atoms with van der Waals surface area (Å²) in [6.45, 7) is 0. The second kappa shape index (κ2) is 17.1. The van der Waals surface area contributed by atoms with Gasteiger partial charge in [0.25, 0.3) is 0 Å². The van der Waals surface area contributed by atoms with Crippen molar-refractivity contribution in [2.24, 2.45) is 0 Å². The fourth-order valence-corrected chi connectivity index (χ4v) is 0. The van der Waals surface area contributed by atoms with Crippen LogP contribution in [0, 0.1) is 0 Å². The molecule has 0 unspecified atom stereocenters. The van der Waals surface area contributed by atoms with E-state index < -0.39 is 0 Å². The Labute approximate surface area is 84.2 Å². The van der Waals surface area contributed by atoms with Crippen molar-refractivity contribution in [1.82, 2.24) is 0 Å². The maximum Gasteiger partial charge on any atom is 0 e. The molecule has 10 radical (unpaired) electrons. The third-order valence-corrected chi connectivity index (χ3v) is 0. The maximum absolute atomic E-state index is 0. The summed E-state index contributed by atoms with van der Waals surface area (Å²) in [7, 11) is 0. The van der Waals surface area contributed by atoms with Gasteiger partial charge >= 0.3 is 0 Å². The van der Waals surface area contributed by atoms with Gasteiger partial charge in [-0.05, 0) is 0 Å². The van der Waals surface area contributed by atoms with Crippen LogP contribution in [0.25, 0.3) is 0 Å². The molecule has 4 heavy (non-hydrogen) atoms. The van der Waals surface area contributed by atoms with Crippen LogP contribution in [0.15, 0.2) is 0 Å². The van der Waals surface area contributed by atoms with E-state index in [2.05, 4.69) is 0 Å². The van der Waals surface area contributed by atoms with Crippen molar-refractivity contribution in [2.75, 3.05) is 0 Å². The standard InChI is InChI=1S/As.Bi.Cu.Sb. The molecule has 0 heterocycles. The molecule has 0 spiro atoms. The van der Waals surface area contributed by atoms with Crippen molar-refractivity contribution in [3.8, 4) is 0 Å².